The summed E-state index contributed by atoms with van der Waals surface area (Å²) in [6.45, 7) is 2.98. The van der Waals surface area contributed by atoms with E-state index in [0.29, 0.717) is 24.7 Å². The fourth-order valence-corrected chi connectivity index (χ4v) is 1.74. The summed E-state index contributed by atoms with van der Waals surface area (Å²) in [5.74, 6) is -0.497. The Balaban J connectivity index is 2.13. The maximum atomic E-state index is 11.0. The van der Waals surface area contributed by atoms with E-state index in [0.717, 1.165) is 5.69 Å². The minimum Gasteiger partial charge on any atom is -0.478 e. The molecule has 2 N–H and O–H groups in total. The number of pyridine rings is 1. The van der Waals surface area contributed by atoms with E-state index in [9.17, 15) is 4.79 Å². The van der Waals surface area contributed by atoms with E-state index in [1.54, 1.807) is 24.9 Å². The number of methoxy groups -OCH3 is 1. The molecule has 7 nitrogen and oxygen atoms in total. The number of carbonyl (C=O) groups is 1. The summed E-state index contributed by atoms with van der Waals surface area (Å²) in [4.78, 5) is 15.2. The first-order valence-electron chi connectivity index (χ1n) is 6.09. The highest BCUT2D eigenvalue weighted by atomic mass is 16.5. The summed E-state index contributed by atoms with van der Waals surface area (Å²) in [7, 11) is 1.63. The van der Waals surface area contributed by atoms with Crippen LogP contribution in [0.2, 0.25) is 0 Å². The molecule has 0 aliphatic carbocycles. The Morgan fingerprint density at radius 1 is 1.50 bits per heavy atom. The van der Waals surface area contributed by atoms with Crippen molar-refractivity contribution in [2.45, 2.75) is 13.5 Å². The zero-order valence-electron chi connectivity index (χ0n) is 11.3. The zero-order chi connectivity index (χ0) is 14.5. The van der Waals surface area contributed by atoms with Gasteiger partial charge in [0.2, 0.25) is 0 Å². The van der Waals surface area contributed by atoms with Crippen LogP contribution in [0.5, 0.6) is 0 Å². The van der Waals surface area contributed by atoms with Crippen molar-refractivity contribution in [1.82, 2.24) is 14.8 Å². The van der Waals surface area contributed by atoms with Crippen LogP contribution in [0.1, 0.15) is 16.1 Å². The van der Waals surface area contributed by atoms with Gasteiger partial charge >= 0.3 is 5.97 Å². The minimum absolute atomic E-state index is 0.201. The first-order chi connectivity index (χ1) is 9.58. The summed E-state index contributed by atoms with van der Waals surface area (Å²) in [6.07, 6.45) is 3.46. The molecule has 0 aliphatic rings. The van der Waals surface area contributed by atoms with E-state index in [1.165, 1.54) is 12.1 Å². The number of hydrogen-bond acceptors (Lipinski definition) is 5. The van der Waals surface area contributed by atoms with Gasteiger partial charge in [0.05, 0.1) is 30.6 Å². The summed E-state index contributed by atoms with van der Waals surface area (Å²) < 4.78 is 6.71. The van der Waals surface area contributed by atoms with Crippen LogP contribution >= 0.6 is 0 Å². The second-order valence-electron chi connectivity index (χ2n) is 4.30. The molecule has 7 heteroatoms. The van der Waals surface area contributed by atoms with Gasteiger partial charge in [0, 0.05) is 19.0 Å². The topological polar surface area (TPSA) is 89.3 Å². The van der Waals surface area contributed by atoms with Gasteiger partial charge < -0.3 is 15.2 Å². The molecule has 0 saturated carbocycles. The summed E-state index contributed by atoms with van der Waals surface area (Å²) in [5, 5.41) is 16.2. The number of nitrogens with zero attached hydrogens (tertiary/aromatic N) is 3. The van der Waals surface area contributed by atoms with Crippen LogP contribution in [0.25, 0.3) is 0 Å². The van der Waals surface area contributed by atoms with Crippen LogP contribution < -0.4 is 5.32 Å². The highest BCUT2D eigenvalue weighted by molar-refractivity contribution is 5.88. The molecular weight excluding hydrogens is 260 g/mol. The van der Waals surface area contributed by atoms with Gasteiger partial charge in [0.25, 0.3) is 0 Å². The van der Waals surface area contributed by atoms with Gasteiger partial charge in [-0.2, -0.15) is 5.10 Å². The van der Waals surface area contributed by atoms with Gasteiger partial charge in [0.15, 0.2) is 0 Å². The molecule has 0 amide bonds. The number of rotatable bonds is 6. The standard InChI is InChI=1S/C13H16N4O3/c1-9-5-10(13(18)19)6-12(15-9)16-11-7-14-17(8-11)3-4-20-2/h5-8H,3-4H2,1-2H3,(H,15,16)(H,18,19). The predicted octanol–water partition coefficient (Wildman–Crippen LogP) is 1.67. The zero-order valence-corrected chi connectivity index (χ0v) is 11.3. The van der Waals surface area contributed by atoms with Gasteiger partial charge in [0.1, 0.15) is 5.82 Å². The highest BCUT2D eigenvalue weighted by Gasteiger charge is 2.07. The van der Waals surface area contributed by atoms with E-state index >= 15 is 0 Å². The molecule has 2 aromatic heterocycles. The quantitative estimate of drug-likeness (QED) is 0.834. The summed E-state index contributed by atoms with van der Waals surface area (Å²) in [6, 6.07) is 3.01. The lowest BCUT2D eigenvalue weighted by atomic mass is 10.2. The average molecular weight is 276 g/mol. The van der Waals surface area contributed by atoms with Crippen molar-refractivity contribution < 1.29 is 14.6 Å². The van der Waals surface area contributed by atoms with Crippen LogP contribution in [0, 0.1) is 6.92 Å². The minimum atomic E-state index is -0.977. The van der Waals surface area contributed by atoms with Crippen molar-refractivity contribution in [2.24, 2.45) is 0 Å². The Bertz CT molecular complexity index is 609. The monoisotopic (exact) mass is 276 g/mol. The first-order valence-corrected chi connectivity index (χ1v) is 6.09. The van der Waals surface area contributed by atoms with E-state index in [-0.39, 0.29) is 5.56 Å². The molecule has 2 rings (SSSR count). The van der Waals surface area contributed by atoms with Crippen LogP contribution in [-0.2, 0) is 11.3 Å². The number of aryl methyl sites for hydroxylation is 1. The molecule has 0 aliphatic heterocycles. The molecule has 2 aromatic rings. The van der Waals surface area contributed by atoms with E-state index in [2.05, 4.69) is 15.4 Å². The van der Waals surface area contributed by atoms with Crippen LogP contribution in [-0.4, -0.2) is 39.6 Å². The smallest absolute Gasteiger partial charge is 0.335 e. The molecule has 2 heterocycles. The fourth-order valence-electron chi connectivity index (χ4n) is 1.74. The van der Waals surface area contributed by atoms with Crippen molar-refractivity contribution in [1.29, 1.82) is 0 Å². The van der Waals surface area contributed by atoms with Gasteiger partial charge in [-0.15, -0.1) is 0 Å². The third kappa shape index (κ3) is 3.55. The maximum Gasteiger partial charge on any atom is 0.335 e. The normalized spacial score (nSPS) is 10.5. The molecule has 106 valence electrons. The molecular formula is C13H16N4O3. The molecule has 0 unspecified atom stereocenters. The number of aromatic carboxylic acids is 1. The van der Waals surface area contributed by atoms with Crippen LogP contribution in [0.15, 0.2) is 24.5 Å². The molecule has 0 atom stereocenters. The Kier molecular flexibility index (Phi) is 4.31. The second kappa shape index (κ2) is 6.16. The number of carboxylic acids is 1. The Morgan fingerprint density at radius 3 is 3.00 bits per heavy atom. The second-order valence-corrected chi connectivity index (χ2v) is 4.30. The van der Waals surface area contributed by atoms with E-state index in [4.69, 9.17) is 9.84 Å². The summed E-state index contributed by atoms with van der Waals surface area (Å²) >= 11 is 0. The van der Waals surface area contributed by atoms with Gasteiger partial charge in [-0.1, -0.05) is 0 Å². The highest BCUT2D eigenvalue weighted by Crippen LogP contribution is 2.16. The molecule has 20 heavy (non-hydrogen) atoms. The Hall–Kier alpha value is -2.41. The van der Waals surface area contributed by atoms with E-state index in [1.807, 2.05) is 6.20 Å². The third-order valence-corrected chi connectivity index (χ3v) is 2.63. The SMILES string of the molecule is COCCn1cc(Nc2cc(C(=O)O)cc(C)n2)cn1. The van der Waals surface area contributed by atoms with Crippen molar-refractivity contribution in [3.63, 3.8) is 0 Å². The molecule has 0 bridgehead atoms. The maximum absolute atomic E-state index is 11.0. The number of hydrogen-bond donors (Lipinski definition) is 2. The lowest BCUT2D eigenvalue weighted by molar-refractivity contribution is 0.0696. The number of aromatic nitrogens is 3. The van der Waals surface area contributed by atoms with Crippen LogP contribution in [0.3, 0.4) is 0 Å². The number of anilines is 2. The fraction of sp³-hybridized carbons (Fsp3) is 0.308. The molecule has 0 radical (unpaired) electrons. The third-order valence-electron chi connectivity index (χ3n) is 2.63. The Labute approximate surface area is 116 Å². The van der Waals surface area contributed by atoms with E-state index < -0.39 is 5.97 Å². The number of nitrogens with one attached hydrogen (secondary N) is 1. The molecule has 0 aromatic carbocycles. The van der Waals surface area contributed by atoms with Crippen molar-refractivity contribution in [2.75, 3.05) is 19.0 Å². The molecule has 0 fully saturated rings. The largest absolute Gasteiger partial charge is 0.478 e. The van der Waals surface area contributed by atoms with Crippen molar-refractivity contribution in [3.05, 3.63) is 35.8 Å². The summed E-state index contributed by atoms with van der Waals surface area (Å²) in [5.41, 5.74) is 1.58. The lowest BCUT2D eigenvalue weighted by Gasteiger charge is -2.05. The van der Waals surface area contributed by atoms with Crippen molar-refractivity contribution >= 4 is 17.5 Å². The molecule has 0 spiro atoms. The number of ether oxygens (including phenoxy) is 1. The lowest BCUT2D eigenvalue weighted by Crippen LogP contribution is -2.04. The predicted molar refractivity (Wildman–Crippen MR) is 73.3 cm³/mol. The molecule has 0 saturated heterocycles. The first kappa shape index (κ1) is 14.0. The average Bonchev–Trinajstić information content (AvgIpc) is 2.83. The number of carboxylic acid groups (broad SMARTS) is 1. The van der Waals surface area contributed by atoms with Crippen molar-refractivity contribution in [3.8, 4) is 0 Å². The van der Waals surface area contributed by atoms with Gasteiger partial charge in [-0.25, -0.2) is 9.78 Å². The van der Waals surface area contributed by atoms with Gasteiger partial charge in [-0.05, 0) is 19.1 Å². The van der Waals surface area contributed by atoms with Gasteiger partial charge in [-0.3, -0.25) is 4.68 Å². The Morgan fingerprint density at radius 2 is 2.30 bits per heavy atom. The van der Waals surface area contributed by atoms with Crippen LogP contribution in [0.4, 0.5) is 11.5 Å².